The molecule has 0 unspecified atom stereocenters. The summed E-state index contributed by atoms with van der Waals surface area (Å²) in [7, 11) is 0. The van der Waals surface area contributed by atoms with Crippen LogP contribution in [0, 0.1) is 5.92 Å². The average molecular weight is 246 g/mol. The molecule has 0 bridgehead atoms. The minimum Gasteiger partial charge on any atom is -0.388 e. The average Bonchev–Trinajstić information content (AvgIpc) is 2.38. The van der Waals surface area contributed by atoms with Crippen molar-refractivity contribution in [3.63, 3.8) is 0 Å². The molecule has 3 heteroatoms. The fraction of sp³-hybridized carbons (Fsp3) is 0.467. The standard InChI is InChI=1S/C15H18O3/c1-10(16)11-6-8-12(9-7-11)15(18)13-4-2-3-5-14(13)17/h6-9,13,15,18H,2-5H2,1H3/t13-,15+/m1/s1. The number of carbonyl (C=O) groups is 2. The number of aliphatic hydroxyl groups is 1. The van der Waals surface area contributed by atoms with Gasteiger partial charge in [-0.25, -0.2) is 0 Å². The molecule has 3 nitrogen and oxygen atoms in total. The second-order valence-electron chi connectivity index (χ2n) is 4.94. The number of hydrogen-bond donors (Lipinski definition) is 1. The molecule has 1 N–H and O–H groups in total. The summed E-state index contributed by atoms with van der Waals surface area (Å²) in [6, 6.07) is 6.88. The monoisotopic (exact) mass is 246 g/mol. The van der Waals surface area contributed by atoms with Crippen LogP contribution < -0.4 is 0 Å². The third kappa shape index (κ3) is 2.67. The molecular weight excluding hydrogens is 228 g/mol. The Hall–Kier alpha value is -1.48. The van der Waals surface area contributed by atoms with Crippen molar-refractivity contribution < 1.29 is 14.7 Å². The first kappa shape index (κ1) is 13.0. The van der Waals surface area contributed by atoms with Crippen LogP contribution in [-0.2, 0) is 4.79 Å². The summed E-state index contributed by atoms with van der Waals surface area (Å²) < 4.78 is 0. The Kier molecular flexibility index (Phi) is 3.92. The van der Waals surface area contributed by atoms with Crippen LogP contribution in [0.5, 0.6) is 0 Å². The molecule has 0 aromatic heterocycles. The molecule has 0 radical (unpaired) electrons. The maximum absolute atomic E-state index is 11.8. The molecule has 2 atom stereocenters. The van der Waals surface area contributed by atoms with Gasteiger partial charge in [0.05, 0.1) is 6.10 Å². The minimum absolute atomic E-state index is 0.00443. The molecule has 2 rings (SSSR count). The second-order valence-corrected chi connectivity index (χ2v) is 4.94. The van der Waals surface area contributed by atoms with Gasteiger partial charge in [-0.05, 0) is 25.3 Å². The fourth-order valence-electron chi connectivity index (χ4n) is 2.49. The minimum atomic E-state index is -0.737. The first-order valence-corrected chi connectivity index (χ1v) is 6.41. The van der Waals surface area contributed by atoms with Crippen LogP contribution in [-0.4, -0.2) is 16.7 Å². The van der Waals surface area contributed by atoms with E-state index in [2.05, 4.69) is 0 Å². The number of benzene rings is 1. The van der Waals surface area contributed by atoms with Crippen molar-refractivity contribution in [3.05, 3.63) is 35.4 Å². The van der Waals surface area contributed by atoms with E-state index in [-0.39, 0.29) is 17.5 Å². The predicted octanol–water partition coefficient (Wildman–Crippen LogP) is 2.68. The zero-order chi connectivity index (χ0) is 13.1. The SMILES string of the molecule is CC(=O)c1ccc([C@H](O)[C@@H]2CCCCC2=O)cc1. The molecule has 0 spiro atoms. The number of ketones is 2. The lowest BCUT2D eigenvalue weighted by Crippen LogP contribution is -2.25. The van der Waals surface area contributed by atoms with Gasteiger partial charge in [0.25, 0.3) is 0 Å². The van der Waals surface area contributed by atoms with Gasteiger partial charge in [0.1, 0.15) is 5.78 Å². The smallest absolute Gasteiger partial charge is 0.159 e. The van der Waals surface area contributed by atoms with E-state index < -0.39 is 6.10 Å². The Labute approximate surface area is 107 Å². The molecule has 96 valence electrons. The van der Waals surface area contributed by atoms with E-state index in [1.807, 2.05) is 0 Å². The fourth-order valence-corrected chi connectivity index (χ4v) is 2.49. The van der Waals surface area contributed by atoms with Crippen LogP contribution in [0.25, 0.3) is 0 Å². The number of aliphatic hydroxyl groups excluding tert-OH is 1. The number of hydrogen-bond acceptors (Lipinski definition) is 3. The van der Waals surface area contributed by atoms with Crippen LogP contribution in [0.15, 0.2) is 24.3 Å². The van der Waals surface area contributed by atoms with Crippen LogP contribution in [0.2, 0.25) is 0 Å². The summed E-state index contributed by atoms with van der Waals surface area (Å²) in [6.45, 7) is 1.51. The lowest BCUT2D eigenvalue weighted by atomic mass is 9.81. The topological polar surface area (TPSA) is 54.4 Å². The van der Waals surface area contributed by atoms with Crippen molar-refractivity contribution >= 4 is 11.6 Å². The molecular formula is C15H18O3. The number of carbonyl (C=O) groups excluding carboxylic acids is 2. The Balaban J connectivity index is 2.15. The third-order valence-electron chi connectivity index (χ3n) is 3.64. The Bertz CT molecular complexity index is 447. The highest BCUT2D eigenvalue weighted by molar-refractivity contribution is 5.94. The molecule has 1 aliphatic carbocycles. The van der Waals surface area contributed by atoms with Gasteiger partial charge in [0.15, 0.2) is 5.78 Å². The highest BCUT2D eigenvalue weighted by Gasteiger charge is 2.29. The molecule has 18 heavy (non-hydrogen) atoms. The first-order chi connectivity index (χ1) is 8.59. The lowest BCUT2D eigenvalue weighted by Gasteiger charge is -2.25. The summed E-state index contributed by atoms with van der Waals surface area (Å²) in [6.07, 6.45) is 2.53. The first-order valence-electron chi connectivity index (χ1n) is 6.41. The van der Waals surface area contributed by atoms with Crippen LogP contribution in [0.4, 0.5) is 0 Å². The van der Waals surface area contributed by atoms with Crippen molar-refractivity contribution in [2.75, 3.05) is 0 Å². The van der Waals surface area contributed by atoms with Gasteiger partial charge in [-0.2, -0.15) is 0 Å². The summed E-state index contributed by atoms with van der Waals surface area (Å²) >= 11 is 0. The van der Waals surface area contributed by atoms with E-state index in [9.17, 15) is 14.7 Å². The normalized spacial score (nSPS) is 21.7. The van der Waals surface area contributed by atoms with E-state index in [1.165, 1.54) is 6.92 Å². The van der Waals surface area contributed by atoms with Crippen molar-refractivity contribution in [2.45, 2.75) is 38.7 Å². The quantitative estimate of drug-likeness (QED) is 0.834. The number of rotatable bonds is 3. The molecule has 1 aromatic carbocycles. The van der Waals surface area contributed by atoms with Crippen molar-refractivity contribution in [1.82, 2.24) is 0 Å². The van der Waals surface area contributed by atoms with Gasteiger partial charge in [0, 0.05) is 17.9 Å². The van der Waals surface area contributed by atoms with E-state index >= 15 is 0 Å². The molecule has 1 fully saturated rings. The maximum atomic E-state index is 11.8. The van der Waals surface area contributed by atoms with Gasteiger partial charge < -0.3 is 5.11 Å². The highest BCUT2D eigenvalue weighted by atomic mass is 16.3. The predicted molar refractivity (Wildman–Crippen MR) is 68.4 cm³/mol. The van der Waals surface area contributed by atoms with Gasteiger partial charge in [-0.1, -0.05) is 30.7 Å². The summed E-state index contributed by atoms with van der Waals surface area (Å²) in [5.74, 6) is -0.115. The molecule has 0 aliphatic heterocycles. The summed E-state index contributed by atoms with van der Waals surface area (Å²) in [5.41, 5.74) is 1.35. The van der Waals surface area contributed by atoms with E-state index in [1.54, 1.807) is 24.3 Å². The van der Waals surface area contributed by atoms with Crippen molar-refractivity contribution in [3.8, 4) is 0 Å². The van der Waals surface area contributed by atoms with E-state index in [4.69, 9.17) is 0 Å². The summed E-state index contributed by atoms with van der Waals surface area (Å²) in [5, 5.41) is 10.2. The van der Waals surface area contributed by atoms with E-state index in [0.29, 0.717) is 12.0 Å². The van der Waals surface area contributed by atoms with Gasteiger partial charge in [-0.15, -0.1) is 0 Å². The molecule has 1 aliphatic rings. The highest BCUT2D eigenvalue weighted by Crippen LogP contribution is 2.32. The Morgan fingerprint density at radius 2 is 1.94 bits per heavy atom. The second kappa shape index (κ2) is 5.44. The molecule has 0 saturated heterocycles. The molecule has 0 heterocycles. The van der Waals surface area contributed by atoms with Crippen molar-refractivity contribution in [2.24, 2.45) is 5.92 Å². The van der Waals surface area contributed by atoms with Crippen LogP contribution in [0.3, 0.4) is 0 Å². The molecule has 1 aromatic rings. The van der Waals surface area contributed by atoms with Crippen LogP contribution in [0.1, 0.15) is 54.6 Å². The molecule has 0 amide bonds. The number of Topliss-reactive ketones (excluding diaryl/α,β-unsaturated/α-hetero) is 2. The van der Waals surface area contributed by atoms with Crippen LogP contribution >= 0.6 is 0 Å². The van der Waals surface area contributed by atoms with Crippen molar-refractivity contribution in [1.29, 1.82) is 0 Å². The summed E-state index contributed by atoms with van der Waals surface area (Å²) in [4.78, 5) is 22.9. The Morgan fingerprint density at radius 3 is 2.50 bits per heavy atom. The van der Waals surface area contributed by atoms with Gasteiger partial charge in [-0.3, -0.25) is 9.59 Å². The third-order valence-corrected chi connectivity index (χ3v) is 3.64. The zero-order valence-electron chi connectivity index (χ0n) is 10.6. The maximum Gasteiger partial charge on any atom is 0.159 e. The van der Waals surface area contributed by atoms with E-state index in [0.717, 1.165) is 24.8 Å². The Morgan fingerprint density at radius 1 is 1.28 bits per heavy atom. The molecule has 1 saturated carbocycles. The van der Waals surface area contributed by atoms with Gasteiger partial charge >= 0.3 is 0 Å². The zero-order valence-corrected chi connectivity index (χ0v) is 10.6. The largest absolute Gasteiger partial charge is 0.388 e. The van der Waals surface area contributed by atoms with Gasteiger partial charge in [0.2, 0.25) is 0 Å². The lowest BCUT2D eigenvalue weighted by molar-refractivity contribution is -0.128.